The first kappa shape index (κ1) is 19.9. The van der Waals surface area contributed by atoms with Gasteiger partial charge in [0, 0.05) is 24.6 Å². The quantitative estimate of drug-likeness (QED) is 0.844. The van der Waals surface area contributed by atoms with E-state index in [-0.39, 0.29) is 29.7 Å². The Balaban J connectivity index is 1.57. The van der Waals surface area contributed by atoms with Crippen molar-refractivity contribution in [3.8, 4) is 5.75 Å². The van der Waals surface area contributed by atoms with Crippen LogP contribution >= 0.6 is 0 Å². The zero-order valence-electron chi connectivity index (χ0n) is 16.2. The molecule has 5 nitrogen and oxygen atoms in total. The molecule has 0 aromatic heterocycles. The molecule has 1 fully saturated rings. The van der Waals surface area contributed by atoms with Crippen LogP contribution in [-0.2, 0) is 4.79 Å². The Morgan fingerprint density at radius 2 is 1.71 bits per heavy atom. The largest absolute Gasteiger partial charge is 0.489 e. The first-order valence-electron chi connectivity index (χ1n) is 9.55. The number of hydrogen-bond donors (Lipinski definition) is 1. The van der Waals surface area contributed by atoms with Gasteiger partial charge in [-0.15, -0.1) is 0 Å². The lowest BCUT2D eigenvalue weighted by atomic mass is 9.95. The molecule has 0 atom stereocenters. The lowest BCUT2D eigenvalue weighted by molar-refractivity contribution is -0.121. The van der Waals surface area contributed by atoms with Crippen molar-refractivity contribution in [3.63, 3.8) is 0 Å². The normalized spacial score (nSPS) is 14.8. The Bertz CT molecular complexity index is 828. The molecule has 0 saturated carbocycles. The van der Waals surface area contributed by atoms with Crippen LogP contribution in [0.3, 0.4) is 0 Å². The van der Waals surface area contributed by atoms with Crippen molar-refractivity contribution in [3.05, 3.63) is 59.9 Å². The number of nitrogens with zero attached hydrogens (tertiary/aromatic N) is 1. The van der Waals surface area contributed by atoms with Crippen LogP contribution in [0.25, 0.3) is 0 Å². The van der Waals surface area contributed by atoms with Gasteiger partial charge in [-0.3, -0.25) is 9.59 Å². The second-order valence-electron chi connectivity index (χ2n) is 7.23. The van der Waals surface area contributed by atoms with Crippen LogP contribution in [0.15, 0.2) is 48.5 Å². The van der Waals surface area contributed by atoms with Gasteiger partial charge in [0.25, 0.3) is 5.91 Å². The summed E-state index contributed by atoms with van der Waals surface area (Å²) < 4.78 is 18.8. The van der Waals surface area contributed by atoms with E-state index < -0.39 is 0 Å². The molecule has 0 aliphatic carbocycles. The third-order valence-corrected chi connectivity index (χ3v) is 4.75. The number of nitrogens with one attached hydrogen (secondary N) is 1. The summed E-state index contributed by atoms with van der Waals surface area (Å²) >= 11 is 0. The van der Waals surface area contributed by atoms with E-state index >= 15 is 0 Å². The molecular weight excluding hydrogens is 359 g/mol. The van der Waals surface area contributed by atoms with Gasteiger partial charge < -0.3 is 15.0 Å². The number of para-hydroxylation sites is 2. The molecule has 0 spiro atoms. The fourth-order valence-electron chi connectivity index (χ4n) is 3.28. The summed E-state index contributed by atoms with van der Waals surface area (Å²) in [5.74, 6) is -0.0731. The van der Waals surface area contributed by atoms with Gasteiger partial charge in [0.05, 0.1) is 11.8 Å². The van der Waals surface area contributed by atoms with Crippen LogP contribution in [-0.4, -0.2) is 35.9 Å². The van der Waals surface area contributed by atoms with E-state index in [1.165, 1.54) is 24.3 Å². The zero-order valence-corrected chi connectivity index (χ0v) is 16.2. The third kappa shape index (κ3) is 4.88. The van der Waals surface area contributed by atoms with Crippen LogP contribution in [0.4, 0.5) is 10.1 Å². The average Bonchev–Trinajstić information content (AvgIpc) is 2.69. The van der Waals surface area contributed by atoms with Gasteiger partial charge in [0.2, 0.25) is 5.91 Å². The number of amides is 2. The maximum atomic E-state index is 13.0. The van der Waals surface area contributed by atoms with Crippen LogP contribution in [0.1, 0.15) is 37.0 Å². The maximum absolute atomic E-state index is 13.0. The van der Waals surface area contributed by atoms with E-state index in [4.69, 9.17) is 4.74 Å². The fourth-order valence-corrected chi connectivity index (χ4v) is 3.28. The number of anilines is 1. The molecule has 2 aromatic rings. The first-order valence-corrected chi connectivity index (χ1v) is 9.55. The summed E-state index contributed by atoms with van der Waals surface area (Å²) in [5.41, 5.74) is 1.12. The smallest absolute Gasteiger partial charge is 0.253 e. The predicted octanol–water partition coefficient (Wildman–Crippen LogP) is 4.10. The molecule has 148 valence electrons. The molecule has 1 saturated heterocycles. The Hall–Kier alpha value is -2.89. The molecule has 28 heavy (non-hydrogen) atoms. The number of ether oxygens (including phenoxy) is 1. The fraction of sp³-hybridized carbons (Fsp3) is 0.364. The lowest BCUT2D eigenvalue weighted by Crippen LogP contribution is -2.41. The maximum Gasteiger partial charge on any atom is 0.253 e. The molecule has 3 rings (SSSR count). The summed E-state index contributed by atoms with van der Waals surface area (Å²) in [6.07, 6.45) is 1.19. The molecule has 1 aliphatic rings. The number of likely N-dealkylation sites (tertiary alicyclic amines) is 1. The van der Waals surface area contributed by atoms with Crippen LogP contribution < -0.4 is 10.1 Å². The monoisotopic (exact) mass is 384 g/mol. The van der Waals surface area contributed by atoms with Crippen LogP contribution in [0.5, 0.6) is 5.75 Å². The van der Waals surface area contributed by atoms with Gasteiger partial charge in [0.1, 0.15) is 11.6 Å². The van der Waals surface area contributed by atoms with Gasteiger partial charge in [-0.1, -0.05) is 12.1 Å². The van der Waals surface area contributed by atoms with Crippen LogP contribution in [0.2, 0.25) is 0 Å². The number of benzene rings is 2. The van der Waals surface area contributed by atoms with E-state index in [1.54, 1.807) is 4.90 Å². The molecule has 1 aliphatic heterocycles. The van der Waals surface area contributed by atoms with Gasteiger partial charge >= 0.3 is 0 Å². The van der Waals surface area contributed by atoms with Crippen molar-refractivity contribution >= 4 is 17.5 Å². The van der Waals surface area contributed by atoms with E-state index in [0.29, 0.717) is 42.9 Å². The number of rotatable bonds is 5. The SMILES string of the molecule is CC(C)Oc1ccccc1NC(=O)C1CCN(C(=O)c2ccc(F)cc2)CC1. The molecule has 0 unspecified atom stereocenters. The third-order valence-electron chi connectivity index (χ3n) is 4.75. The minimum absolute atomic E-state index is 0.0127. The van der Waals surface area contributed by atoms with E-state index in [1.807, 2.05) is 38.1 Å². The van der Waals surface area contributed by atoms with Gasteiger partial charge in [-0.2, -0.15) is 0 Å². The Morgan fingerprint density at radius 1 is 1.07 bits per heavy atom. The first-order chi connectivity index (χ1) is 13.4. The molecule has 6 heteroatoms. The van der Waals surface area contributed by atoms with Gasteiger partial charge in [0.15, 0.2) is 0 Å². The molecule has 0 bridgehead atoms. The van der Waals surface area contributed by atoms with Gasteiger partial charge in [-0.25, -0.2) is 4.39 Å². The van der Waals surface area contributed by atoms with E-state index in [0.717, 1.165) is 0 Å². The van der Waals surface area contributed by atoms with Crippen molar-refractivity contribution < 1.29 is 18.7 Å². The molecule has 1 N–H and O–H groups in total. The number of hydrogen-bond acceptors (Lipinski definition) is 3. The summed E-state index contributed by atoms with van der Waals surface area (Å²) in [6, 6.07) is 12.9. The summed E-state index contributed by atoms with van der Waals surface area (Å²) in [4.78, 5) is 26.9. The van der Waals surface area contributed by atoms with Crippen molar-refractivity contribution in [2.45, 2.75) is 32.8 Å². The highest BCUT2D eigenvalue weighted by molar-refractivity contribution is 5.95. The van der Waals surface area contributed by atoms with E-state index in [9.17, 15) is 14.0 Å². The van der Waals surface area contributed by atoms with Crippen molar-refractivity contribution in [1.82, 2.24) is 4.90 Å². The average molecular weight is 384 g/mol. The summed E-state index contributed by atoms with van der Waals surface area (Å²) in [5, 5.41) is 2.96. The molecule has 1 heterocycles. The zero-order chi connectivity index (χ0) is 20.1. The minimum Gasteiger partial charge on any atom is -0.489 e. The number of halogens is 1. The molecular formula is C22H25FN2O3. The summed E-state index contributed by atoms with van der Waals surface area (Å²) in [7, 11) is 0. The lowest BCUT2D eigenvalue weighted by Gasteiger charge is -2.31. The molecule has 0 radical (unpaired) electrons. The van der Waals surface area contributed by atoms with Crippen molar-refractivity contribution in [2.24, 2.45) is 5.92 Å². The Morgan fingerprint density at radius 3 is 2.36 bits per heavy atom. The Labute approximate surface area is 164 Å². The topological polar surface area (TPSA) is 58.6 Å². The van der Waals surface area contributed by atoms with Crippen LogP contribution in [0, 0.1) is 11.7 Å². The van der Waals surface area contributed by atoms with E-state index in [2.05, 4.69) is 5.32 Å². The molecule has 2 aromatic carbocycles. The number of carbonyl (C=O) groups is 2. The minimum atomic E-state index is -0.367. The second-order valence-corrected chi connectivity index (χ2v) is 7.23. The number of piperidine rings is 1. The standard InChI is InChI=1S/C22H25FN2O3/c1-15(2)28-20-6-4-3-5-19(20)24-21(26)16-11-13-25(14-12-16)22(27)17-7-9-18(23)10-8-17/h3-10,15-16H,11-14H2,1-2H3,(H,24,26). The van der Waals surface area contributed by atoms with Gasteiger partial charge in [-0.05, 0) is 63.1 Å². The predicted molar refractivity (Wildman–Crippen MR) is 106 cm³/mol. The molecule has 2 amide bonds. The summed E-state index contributed by atoms with van der Waals surface area (Å²) in [6.45, 7) is 4.87. The highest BCUT2D eigenvalue weighted by atomic mass is 19.1. The highest BCUT2D eigenvalue weighted by Gasteiger charge is 2.28. The number of carbonyl (C=O) groups excluding carboxylic acids is 2. The van der Waals surface area contributed by atoms with Crippen molar-refractivity contribution in [1.29, 1.82) is 0 Å². The van der Waals surface area contributed by atoms with Crippen molar-refractivity contribution in [2.75, 3.05) is 18.4 Å². The Kier molecular flexibility index (Phi) is 6.29. The highest BCUT2D eigenvalue weighted by Crippen LogP contribution is 2.27. The second kappa shape index (κ2) is 8.87.